The second-order valence-electron chi connectivity index (χ2n) is 7.33. The number of aromatic nitrogens is 4. The van der Waals surface area contributed by atoms with Crippen molar-refractivity contribution in [1.29, 1.82) is 0 Å². The van der Waals surface area contributed by atoms with Gasteiger partial charge in [-0.2, -0.15) is 18.3 Å². The number of nitrogens with one attached hydrogen (secondary N) is 1. The van der Waals surface area contributed by atoms with Crippen molar-refractivity contribution >= 4 is 22.8 Å². The summed E-state index contributed by atoms with van der Waals surface area (Å²) in [5.41, 5.74) is 6.91. The van der Waals surface area contributed by atoms with Gasteiger partial charge in [0.25, 0.3) is 0 Å². The van der Waals surface area contributed by atoms with Crippen LogP contribution in [0.25, 0.3) is 22.0 Å². The van der Waals surface area contributed by atoms with E-state index in [0.29, 0.717) is 16.5 Å². The van der Waals surface area contributed by atoms with E-state index < -0.39 is 17.6 Å². The van der Waals surface area contributed by atoms with Gasteiger partial charge in [0.1, 0.15) is 0 Å². The average molecular weight is 450 g/mol. The van der Waals surface area contributed by atoms with E-state index in [2.05, 4.69) is 26.3 Å². The Bertz CT molecular complexity index is 1420. The van der Waals surface area contributed by atoms with Gasteiger partial charge in [0.15, 0.2) is 0 Å². The Hall–Kier alpha value is -4.39. The number of primary amides is 1. The van der Waals surface area contributed by atoms with Crippen molar-refractivity contribution < 1.29 is 18.0 Å². The van der Waals surface area contributed by atoms with Gasteiger partial charge in [-0.05, 0) is 41.5 Å². The largest absolute Gasteiger partial charge is 0.417 e. The zero-order valence-electron chi connectivity index (χ0n) is 17.3. The second kappa shape index (κ2) is 8.27. The molecule has 10 heteroatoms. The summed E-state index contributed by atoms with van der Waals surface area (Å²) in [6.45, 7) is 0.203. The molecule has 4 aromatic rings. The number of carbonyl (C=O) groups is 1. The lowest BCUT2D eigenvalue weighted by Gasteiger charge is -2.12. The highest BCUT2D eigenvalue weighted by Gasteiger charge is 2.33. The molecule has 0 saturated carbocycles. The number of amides is 1. The van der Waals surface area contributed by atoms with Crippen molar-refractivity contribution in [2.45, 2.75) is 12.7 Å². The predicted octanol–water partition coefficient (Wildman–Crippen LogP) is 3.74. The van der Waals surface area contributed by atoms with E-state index in [1.165, 1.54) is 12.3 Å². The first-order chi connectivity index (χ1) is 15.6. The highest BCUT2D eigenvalue weighted by Crippen LogP contribution is 2.34. The molecule has 0 aliphatic heterocycles. The molecular weight excluding hydrogens is 433 g/mol. The summed E-state index contributed by atoms with van der Waals surface area (Å²) in [7, 11) is 1.78. The van der Waals surface area contributed by atoms with Crippen LogP contribution in [-0.4, -0.2) is 25.7 Å². The molecule has 0 aliphatic rings. The van der Waals surface area contributed by atoms with Crippen molar-refractivity contribution in [2.75, 3.05) is 5.32 Å². The number of rotatable bonds is 5. The van der Waals surface area contributed by atoms with Crippen molar-refractivity contribution in [3.63, 3.8) is 0 Å². The van der Waals surface area contributed by atoms with Crippen molar-refractivity contribution in [3.05, 3.63) is 71.2 Å². The minimum atomic E-state index is -4.60. The van der Waals surface area contributed by atoms with Crippen LogP contribution in [0.15, 0.2) is 48.9 Å². The number of anilines is 1. The van der Waals surface area contributed by atoms with E-state index >= 15 is 0 Å². The highest BCUT2D eigenvalue weighted by atomic mass is 19.4. The van der Waals surface area contributed by atoms with Crippen LogP contribution in [-0.2, 0) is 19.8 Å². The van der Waals surface area contributed by atoms with Gasteiger partial charge in [-0.1, -0.05) is 5.92 Å². The molecule has 0 atom stereocenters. The van der Waals surface area contributed by atoms with Crippen LogP contribution in [0.3, 0.4) is 0 Å². The standard InChI is InChI=1S/C23H17F3N6O/c1-3-14-6-17-10-29-22(31-20(17)8-19(14)23(24,25)26)28-9-13-4-15(7-16(5-13)21(27)33)18-11-30-32(2)12-18/h1,4-8,10-12H,9H2,2H3,(H2,27,33)(H,28,29,31). The lowest BCUT2D eigenvalue weighted by molar-refractivity contribution is -0.137. The number of nitrogens with zero attached hydrogens (tertiary/aromatic N) is 4. The summed E-state index contributed by atoms with van der Waals surface area (Å²) >= 11 is 0. The molecule has 7 nitrogen and oxygen atoms in total. The minimum Gasteiger partial charge on any atom is -0.366 e. The molecule has 0 unspecified atom stereocenters. The number of hydrogen-bond acceptors (Lipinski definition) is 5. The van der Waals surface area contributed by atoms with Crippen LogP contribution in [0.4, 0.5) is 19.1 Å². The molecule has 2 heterocycles. The molecule has 0 saturated heterocycles. The van der Waals surface area contributed by atoms with Gasteiger partial charge < -0.3 is 11.1 Å². The molecule has 0 radical (unpaired) electrons. The quantitative estimate of drug-likeness (QED) is 0.452. The average Bonchev–Trinajstić information content (AvgIpc) is 3.22. The topological polar surface area (TPSA) is 98.7 Å². The van der Waals surface area contributed by atoms with Gasteiger partial charge in [0, 0.05) is 48.1 Å². The molecule has 4 rings (SSSR count). The molecule has 2 aromatic heterocycles. The van der Waals surface area contributed by atoms with Gasteiger partial charge in [-0.25, -0.2) is 9.97 Å². The molecule has 0 spiro atoms. The minimum absolute atomic E-state index is 0.0979. The van der Waals surface area contributed by atoms with Crippen LogP contribution < -0.4 is 11.1 Å². The highest BCUT2D eigenvalue weighted by molar-refractivity contribution is 5.94. The first kappa shape index (κ1) is 21.8. The lowest BCUT2D eigenvalue weighted by Crippen LogP contribution is -2.12. The van der Waals surface area contributed by atoms with E-state index in [1.807, 2.05) is 6.07 Å². The van der Waals surface area contributed by atoms with Gasteiger partial charge >= 0.3 is 6.18 Å². The molecule has 3 N–H and O–H groups in total. The molecular formula is C23H17F3N6O. The number of carbonyl (C=O) groups excluding carboxylic acids is 1. The molecule has 0 aliphatic carbocycles. The summed E-state index contributed by atoms with van der Waals surface area (Å²) in [5, 5.41) is 7.49. The van der Waals surface area contributed by atoms with Crippen LogP contribution in [0.1, 0.15) is 27.0 Å². The second-order valence-corrected chi connectivity index (χ2v) is 7.33. The number of aryl methyl sites for hydroxylation is 1. The van der Waals surface area contributed by atoms with E-state index in [-0.39, 0.29) is 23.6 Å². The van der Waals surface area contributed by atoms with Crippen molar-refractivity contribution in [1.82, 2.24) is 19.7 Å². The van der Waals surface area contributed by atoms with Gasteiger partial charge in [-0.15, -0.1) is 6.42 Å². The summed E-state index contributed by atoms with van der Waals surface area (Å²) in [5.74, 6) is 1.59. The Balaban J connectivity index is 1.64. The Kier molecular flexibility index (Phi) is 5.47. The normalized spacial score (nSPS) is 11.4. The molecule has 166 valence electrons. The number of fused-ring (bicyclic) bond motifs is 1. The Labute approximate surface area is 186 Å². The van der Waals surface area contributed by atoms with E-state index in [1.54, 1.807) is 36.3 Å². The first-order valence-corrected chi connectivity index (χ1v) is 9.65. The van der Waals surface area contributed by atoms with Crippen LogP contribution >= 0.6 is 0 Å². The first-order valence-electron chi connectivity index (χ1n) is 9.65. The fraction of sp³-hybridized carbons (Fsp3) is 0.130. The van der Waals surface area contributed by atoms with E-state index in [9.17, 15) is 18.0 Å². The Morgan fingerprint density at radius 2 is 1.97 bits per heavy atom. The SMILES string of the molecule is C#Cc1cc2cnc(NCc3cc(C(N)=O)cc(-c4cnn(C)c4)c3)nc2cc1C(F)(F)F. The summed E-state index contributed by atoms with van der Waals surface area (Å²) in [6.07, 6.45) is 5.48. The van der Waals surface area contributed by atoms with E-state index in [0.717, 1.165) is 17.2 Å². The number of hydrogen-bond donors (Lipinski definition) is 2. The monoisotopic (exact) mass is 450 g/mol. The Morgan fingerprint density at radius 1 is 1.18 bits per heavy atom. The van der Waals surface area contributed by atoms with Crippen LogP contribution in [0.5, 0.6) is 0 Å². The maximum atomic E-state index is 13.3. The van der Waals surface area contributed by atoms with Crippen molar-refractivity contribution in [3.8, 4) is 23.5 Å². The number of alkyl halides is 3. The van der Waals surface area contributed by atoms with Crippen LogP contribution in [0.2, 0.25) is 0 Å². The summed E-state index contributed by atoms with van der Waals surface area (Å²) < 4.78 is 41.6. The zero-order valence-corrected chi connectivity index (χ0v) is 17.3. The number of halogens is 3. The third kappa shape index (κ3) is 4.62. The van der Waals surface area contributed by atoms with E-state index in [4.69, 9.17) is 12.2 Å². The van der Waals surface area contributed by atoms with Crippen LogP contribution in [0, 0.1) is 12.3 Å². The van der Waals surface area contributed by atoms with Gasteiger partial charge in [0.05, 0.1) is 17.3 Å². The fourth-order valence-corrected chi connectivity index (χ4v) is 3.37. The Morgan fingerprint density at radius 3 is 2.61 bits per heavy atom. The maximum absolute atomic E-state index is 13.3. The number of benzene rings is 2. The smallest absolute Gasteiger partial charge is 0.366 e. The van der Waals surface area contributed by atoms with Gasteiger partial charge in [-0.3, -0.25) is 9.48 Å². The predicted molar refractivity (Wildman–Crippen MR) is 117 cm³/mol. The third-order valence-electron chi connectivity index (χ3n) is 4.95. The molecule has 1 amide bonds. The summed E-state index contributed by atoms with van der Waals surface area (Å²) in [6, 6.07) is 7.27. The molecule has 0 fully saturated rings. The summed E-state index contributed by atoms with van der Waals surface area (Å²) in [4.78, 5) is 20.1. The maximum Gasteiger partial charge on any atom is 0.417 e. The fourth-order valence-electron chi connectivity index (χ4n) is 3.37. The zero-order chi connectivity index (χ0) is 23.8. The molecule has 0 bridgehead atoms. The molecule has 2 aromatic carbocycles. The molecule has 33 heavy (non-hydrogen) atoms. The number of terminal acetylenes is 1. The number of nitrogens with two attached hydrogens (primary N) is 1. The lowest BCUT2D eigenvalue weighted by atomic mass is 10.0. The van der Waals surface area contributed by atoms with Gasteiger partial charge in [0.2, 0.25) is 11.9 Å². The van der Waals surface area contributed by atoms with Crippen molar-refractivity contribution in [2.24, 2.45) is 12.8 Å². The third-order valence-corrected chi connectivity index (χ3v) is 4.95.